The Morgan fingerprint density at radius 2 is 1.62 bits per heavy atom. The summed E-state index contributed by atoms with van der Waals surface area (Å²) in [6.45, 7) is 1.26. The van der Waals surface area contributed by atoms with Gasteiger partial charge in [-0.15, -0.1) is 0 Å². The normalized spacial score (nSPS) is 15.7. The summed E-state index contributed by atoms with van der Waals surface area (Å²) in [5, 5.41) is 0. The summed E-state index contributed by atoms with van der Waals surface area (Å²) in [6, 6.07) is 12.9. The fourth-order valence-corrected chi connectivity index (χ4v) is 3.40. The Bertz CT molecular complexity index is 1110. The van der Waals surface area contributed by atoms with Crippen molar-refractivity contribution in [2.24, 2.45) is 7.05 Å². The van der Waals surface area contributed by atoms with E-state index in [1.165, 1.54) is 0 Å². The molecule has 0 bridgehead atoms. The highest BCUT2D eigenvalue weighted by Crippen LogP contribution is 2.37. The quantitative estimate of drug-likeness (QED) is 0.557. The molecule has 0 atom stereocenters. The number of nitrogens with zero attached hydrogens (tertiary/aromatic N) is 1. The lowest BCUT2D eigenvalue weighted by atomic mass is 9.86. The van der Waals surface area contributed by atoms with E-state index < -0.39 is 13.7 Å². The van der Waals surface area contributed by atoms with Gasteiger partial charge in [-0.1, -0.05) is 30.3 Å². The number of aryl methyl sites for hydroxylation is 5. The Morgan fingerprint density at radius 3 is 2.33 bits per heavy atom. The molecule has 1 heterocycles. The van der Waals surface area contributed by atoms with Gasteiger partial charge in [-0.25, -0.2) is 4.57 Å². The first-order chi connectivity index (χ1) is 13.8. The maximum atomic E-state index is 8.13. The molecule has 2 aromatic carbocycles. The molecule has 0 unspecified atom stereocenters. The highest BCUT2D eigenvalue weighted by molar-refractivity contribution is 5.82. The first-order valence-electron chi connectivity index (χ1n) is 11.0. The maximum absolute atomic E-state index is 8.13. The molecule has 3 aromatic rings. The molecular formula is C23H26N+. The van der Waals surface area contributed by atoms with Gasteiger partial charge in [-0.05, 0) is 73.4 Å². The minimum atomic E-state index is -2.34. The van der Waals surface area contributed by atoms with Gasteiger partial charge in [0.25, 0.3) is 0 Å². The van der Waals surface area contributed by atoms with Crippen LogP contribution in [0.3, 0.4) is 0 Å². The average Bonchev–Trinajstić information content (AvgIpc) is 2.62. The summed E-state index contributed by atoms with van der Waals surface area (Å²) in [7, 11) is 1.80. The molecular weight excluding hydrogens is 290 g/mol. The number of rotatable bonds is 2. The standard InChI is InChI=1S/C23H26N/c1-15-11-12-24(6)21(13-15)23-18(4)14-17(3)22(19(23)5)20-10-8-7-9-16(20)2/h7-14H,1-6H3/q+1/i1D3,4D3. The van der Waals surface area contributed by atoms with Crippen LogP contribution in [0.25, 0.3) is 22.4 Å². The zero-order valence-corrected chi connectivity index (χ0v) is 14.6. The molecule has 0 amide bonds. The highest BCUT2D eigenvalue weighted by Gasteiger charge is 2.20. The second-order valence-corrected chi connectivity index (χ2v) is 6.34. The monoisotopic (exact) mass is 322 g/mol. The molecule has 0 N–H and O–H groups in total. The minimum Gasteiger partial charge on any atom is -0.201 e. The fraction of sp³-hybridized carbons (Fsp3) is 0.261. The van der Waals surface area contributed by atoms with Crippen LogP contribution in [0.5, 0.6) is 0 Å². The molecule has 24 heavy (non-hydrogen) atoms. The number of aromatic nitrogens is 1. The molecule has 122 valence electrons. The number of benzene rings is 2. The van der Waals surface area contributed by atoms with E-state index in [2.05, 4.69) is 0 Å². The summed E-state index contributed by atoms with van der Waals surface area (Å²) < 4.78 is 49.5. The number of pyridine rings is 1. The van der Waals surface area contributed by atoms with Crippen LogP contribution in [0.15, 0.2) is 48.7 Å². The fourth-order valence-electron chi connectivity index (χ4n) is 3.40. The van der Waals surface area contributed by atoms with Crippen molar-refractivity contribution >= 4 is 0 Å². The zero-order valence-electron chi connectivity index (χ0n) is 20.6. The van der Waals surface area contributed by atoms with E-state index in [1.54, 1.807) is 36.0 Å². The zero-order chi connectivity index (χ0) is 22.4. The topological polar surface area (TPSA) is 3.88 Å². The molecule has 0 saturated carbocycles. The third-order valence-corrected chi connectivity index (χ3v) is 4.59. The Balaban J connectivity index is 2.45. The molecule has 0 spiro atoms. The van der Waals surface area contributed by atoms with Crippen molar-refractivity contribution in [3.63, 3.8) is 0 Å². The second kappa shape index (κ2) is 6.24. The van der Waals surface area contributed by atoms with Crippen LogP contribution >= 0.6 is 0 Å². The van der Waals surface area contributed by atoms with E-state index in [-0.39, 0.29) is 11.1 Å². The van der Waals surface area contributed by atoms with Crippen LogP contribution in [0.2, 0.25) is 0 Å². The lowest BCUT2D eigenvalue weighted by molar-refractivity contribution is -0.660. The maximum Gasteiger partial charge on any atom is 0.213 e. The average molecular weight is 323 g/mol. The van der Waals surface area contributed by atoms with Crippen molar-refractivity contribution in [3.05, 3.63) is 76.5 Å². The highest BCUT2D eigenvalue weighted by atomic mass is 14.9. The molecule has 0 saturated heterocycles. The van der Waals surface area contributed by atoms with Crippen LogP contribution in [0.4, 0.5) is 0 Å². The van der Waals surface area contributed by atoms with Gasteiger partial charge in [0, 0.05) is 20.4 Å². The van der Waals surface area contributed by atoms with Crippen LogP contribution in [-0.4, -0.2) is 0 Å². The predicted molar refractivity (Wildman–Crippen MR) is 102 cm³/mol. The van der Waals surface area contributed by atoms with Crippen molar-refractivity contribution in [2.45, 2.75) is 34.5 Å². The van der Waals surface area contributed by atoms with Gasteiger partial charge in [-0.2, -0.15) is 0 Å². The van der Waals surface area contributed by atoms with Gasteiger partial charge >= 0.3 is 0 Å². The minimum absolute atomic E-state index is 0.185. The second-order valence-electron chi connectivity index (χ2n) is 6.34. The summed E-state index contributed by atoms with van der Waals surface area (Å²) in [5.41, 5.74) is 6.37. The number of hydrogen-bond acceptors (Lipinski definition) is 0. The van der Waals surface area contributed by atoms with E-state index in [0.717, 1.165) is 27.8 Å². The lowest BCUT2D eigenvalue weighted by Crippen LogP contribution is -2.31. The summed E-state index contributed by atoms with van der Waals surface area (Å²) in [5.74, 6) is 0. The van der Waals surface area contributed by atoms with Crippen molar-refractivity contribution in [3.8, 4) is 22.4 Å². The third-order valence-electron chi connectivity index (χ3n) is 4.59. The lowest BCUT2D eigenvalue weighted by Gasteiger charge is -2.18. The van der Waals surface area contributed by atoms with Crippen LogP contribution in [-0.2, 0) is 7.05 Å². The number of hydrogen-bond donors (Lipinski definition) is 0. The van der Waals surface area contributed by atoms with Crippen LogP contribution < -0.4 is 4.57 Å². The molecule has 1 heteroatoms. The summed E-state index contributed by atoms with van der Waals surface area (Å²) in [6.07, 6.45) is 1.67. The van der Waals surface area contributed by atoms with Gasteiger partial charge in [-0.3, -0.25) is 0 Å². The Morgan fingerprint density at radius 1 is 0.833 bits per heavy atom. The van der Waals surface area contributed by atoms with Gasteiger partial charge in [0.1, 0.15) is 7.05 Å². The largest absolute Gasteiger partial charge is 0.213 e. The first kappa shape index (κ1) is 10.5. The molecule has 0 aliphatic heterocycles. The van der Waals surface area contributed by atoms with Gasteiger partial charge in [0.05, 0.1) is 5.56 Å². The predicted octanol–water partition coefficient (Wildman–Crippen LogP) is 5.39. The molecule has 0 aliphatic rings. The molecule has 1 aromatic heterocycles. The smallest absolute Gasteiger partial charge is 0.201 e. The van der Waals surface area contributed by atoms with Crippen LogP contribution in [0.1, 0.15) is 36.0 Å². The van der Waals surface area contributed by atoms with E-state index in [4.69, 9.17) is 8.22 Å². The third kappa shape index (κ3) is 2.75. The van der Waals surface area contributed by atoms with Crippen molar-refractivity contribution in [1.82, 2.24) is 0 Å². The summed E-state index contributed by atoms with van der Waals surface area (Å²) >= 11 is 0. The van der Waals surface area contributed by atoms with Gasteiger partial charge < -0.3 is 0 Å². The molecule has 0 fully saturated rings. The van der Waals surface area contributed by atoms with Crippen molar-refractivity contribution in [2.75, 3.05) is 0 Å². The van der Waals surface area contributed by atoms with Crippen molar-refractivity contribution < 1.29 is 12.8 Å². The SMILES string of the molecule is [2H]C([2H])([2H])c1cc[n+](C)c(-c2c(C([2H])([2H])[2H])cc(C)c(-c3ccccc3C)c2C)c1. The molecule has 0 radical (unpaired) electrons. The Kier molecular flexibility index (Phi) is 2.72. The molecule has 3 rings (SSSR count). The molecule has 1 nitrogen and oxygen atoms in total. The van der Waals surface area contributed by atoms with E-state index >= 15 is 0 Å². The van der Waals surface area contributed by atoms with Crippen molar-refractivity contribution in [1.29, 1.82) is 0 Å². The summed E-state index contributed by atoms with van der Waals surface area (Å²) in [4.78, 5) is 0. The van der Waals surface area contributed by atoms with Gasteiger partial charge in [0.15, 0.2) is 6.20 Å². The molecule has 0 aliphatic carbocycles. The Labute approximate surface area is 154 Å². The first-order valence-corrected chi connectivity index (χ1v) is 8.03. The van der Waals surface area contributed by atoms with E-state index in [9.17, 15) is 0 Å². The van der Waals surface area contributed by atoms with Gasteiger partial charge in [0.2, 0.25) is 5.69 Å². The van der Waals surface area contributed by atoms with Crippen LogP contribution in [0, 0.1) is 34.5 Å². The van der Waals surface area contributed by atoms with E-state index in [0.29, 0.717) is 11.3 Å². The van der Waals surface area contributed by atoms with E-state index in [1.807, 2.05) is 45.0 Å². The Hall–Kier alpha value is -2.41.